The summed E-state index contributed by atoms with van der Waals surface area (Å²) in [7, 11) is 0. The van der Waals surface area contributed by atoms with Gasteiger partial charge in [0, 0.05) is 46.3 Å². The molecule has 0 radical (unpaired) electrons. The molecule has 0 unspecified atom stereocenters. The number of ether oxygens (including phenoxy) is 2. The third-order valence-electron chi connectivity index (χ3n) is 8.22. The van der Waals surface area contributed by atoms with Crippen LogP contribution < -0.4 is 14.6 Å². The first-order valence-electron chi connectivity index (χ1n) is 14.4. The van der Waals surface area contributed by atoms with Gasteiger partial charge in [-0.2, -0.15) is 0 Å². The van der Waals surface area contributed by atoms with E-state index in [1.807, 2.05) is 65.0 Å². The standard InChI is InChI=1S/C34H38ClNO6/c1-6-41-28-13-21(9-12-27(28)42-19-20-7-10-22(35)11-8-20)30-31-23(14-33(2,3)16-25(31)37)36(18-29(39)40)24-15-34(4,5)17-26(38)32(24)30/h7-13,30H,6,14-19H2,1-5H3,(H,39,40)/p-1. The minimum Gasteiger partial charge on any atom is -0.548 e. The van der Waals surface area contributed by atoms with Crippen LogP contribution in [0.4, 0.5) is 0 Å². The third kappa shape index (κ3) is 5.98. The lowest BCUT2D eigenvalue weighted by Crippen LogP contribution is -2.47. The molecule has 5 rings (SSSR count). The van der Waals surface area contributed by atoms with Gasteiger partial charge in [0.25, 0.3) is 0 Å². The van der Waals surface area contributed by atoms with Crippen molar-refractivity contribution >= 4 is 29.1 Å². The maximum absolute atomic E-state index is 13.9. The quantitative estimate of drug-likeness (QED) is 0.386. The summed E-state index contributed by atoms with van der Waals surface area (Å²) in [5, 5.41) is 12.6. The third-order valence-corrected chi connectivity index (χ3v) is 8.47. The molecular weight excluding hydrogens is 554 g/mol. The smallest absolute Gasteiger partial charge is 0.162 e. The molecule has 0 aromatic heterocycles. The van der Waals surface area contributed by atoms with E-state index in [4.69, 9.17) is 21.1 Å². The number of aliphatic carboxylic acids is 1. The maximum Gasteiger partial charge on any atom is 0.162 e. The van der Waals surface area contributed by atoms with Crippen molar-refractivity contribution in [3.05, 3.63) is 81.2 Å². The fourth-order valence-electron chi connectivity index (χ4n) is 6.53. The van der Waals surface area contributed by atoms with Crippen LogP contribution in [0.25, 0.3) is 0 Å². The first-order chi connectivity index (χ1) is 19.8. The zero-order valence-corrected chi connectivity index (χ0v) is 25.6. The molecule has 0 saturated heterocycles. The van der Waals surface area contributed by atoms with Gasteiger partial charge in [-0.05, 0) is 66.0 Å². The highest BCUT2D eigenvalue weighted by Crippen LogP contribution is 2.54. The van der Waals surface area contributed by atoms with E-state index < -0.39 is 18.4 Å². The SMILES string of the molecule is CCOc1cc(C2C3=C(CC(C)(C)CC3=O)N(CC(=O)[O-])C3=C2C(=O)CC(C)(C)C3)ccc1OCc1ccc(Cl)cc1. The van der Waals surface area contributed by atoms with Gasteiger partial charge in [-0.3, -0.25) is 9.59 Å². The molecule has 2 aromatic rings. The predicted molar refractivity (Wildman–Crippen MR) is 158 cm³/mol. The van der Waals surface area contributed by atoms with E-state index in [0.717, 1.165) is 11.1 Å². The zero-order chi connectivity index (χ0) is 30.4. The van der Waals surface area contributed by atoms with E-state index in [9.17, 15) is 19.5 Å². The van der Waals surface area contributed by atoms with Crippen LogP contribution in [0, 0.1) is 10.8 Å². The molecular formula is C34H37ClNO6-. The lowest BCUT2D eigenvalue weighted by Gasteiger charge is -2.49. The van der Waals surface area contributed by atoms with Gasteiger partial charge in [0.05, 0.1) is 19.1 Å². The maximum atomic E-state index is 13.9. The van der Waals surface area contributed by atoms with Gasteiger partial charge in [0.2, 0.25) is 0 Å². The van der Waals surface area contributed by atoms with Crippen molar-refractivity contribution in [1.82, 2.24) is 4.90 Å². The van der Waals surface area contributed by atoms with Crippen LogP contribution in [0.3, 0.4) is 0 Å². The van der Waals surface area contributed by atoms with E-state index in [1.165, 1.54) is 0 Å². The van der Waals surface area contributed by atoms with Crippen molar-refractivity contribution in [2.24, 2.45) is 10.8 Å². The average Bonchev–Trinajstić information content (AvgIpc) is 2.88. The number of hydrogen-bond donors (Lipinski definition) is 0. The molecule has 0 fully saturated rings. The Morgan fingerprint density at radius 3 is 1.98 bits per heavy atom. The van der Waals surface area contributed by atoms with Crippen molar-refractivity contribution in [3.8, 4) is 11.5 Å². The number of hydrogen-bond acceptors (Lipinski definition) is 7. The summed E-state index contributed by atoms with van der Waals surface area (Å²) in [4.78, 5) is 41.4. The van der Waals surface area contributed by atoms with E-state index >= 15 is 0 Å². The molecule has 1 aliphatic heterocycles. The molecule has 222 valence electrons. The Balaban J connectivity index is 1.64. The Bertz CT molecular complexity index is 1450. The second-order valence-corrected chi connectivity index (χ2v) is 13.5. The van der Waals surface area contributed by atoms with E-state index in [0.29, 0.717) is 78.0 Å². The summed E-state index contributed by atoms with van der Waals surface area (Å²) in [6.07, 6.45) is 1.66. The summed E-state index contributed by atoms with van der Waals surface area (Å²) >= 11 is 6.02. The number of allylic oxidation sites excluding steroid dienone is 4. The number of carboxylic acids is 1. The van der Waals surface area contributed by atoms with E-state index in [1.54, 1.807) is 17.0 Å². The number of carbonyl (C=O) groups is 3. The van der Waals surface area contributed by atoms with Gasteiger partial charge in [0.1, 0.15) is 6.61 Å². The van der Waals surface area contributed by atoms with Crippen molar-refractivity contribution in [3.63, 3.8) is 0 Å². The molecule has 7 nitrogen and oxygen atoms in total. The molecule has 0 N–H and O–H groups in total. The summed E-state index contributed by atoms with van der Waals surface area (Å²) < 4.78 is 12.1. The van der Waals surface area contributed by atoms with Crippen LogP contribution in [0.15, 0.2) is 65.0 Å². The number of Topliss-reactive ketones (excluding diaryl/α,β-unsaturated/α-hetero) is 2. The first kappa shape index (κ1) is 29.9. The Morgan fingerprint density at radius 1 is 0.881 bits per heavy atom. The van der Waals surface area contributed by atoms with Gasteiger partial charge >= 0.3 is 0 Å². The number of halogens is 1. The van der Waals surface area contributed by atoms with Crippen LogP contribution in [-0.4, -0.2) is 35.6 Å². The Hall–Kier alpha value is -3.58. The van der Waals surface area contributed by atoms with E-state index in [-0.39, 0.29) is 22.4 Å². The van der Waals surface area contributed by atoms with E-state index in [2.05, 4.69) is 0 Å². The van der Waals surface area contributed by atoms with Crippen LogP contribution in [0.1, 0.15) is 77.3 Å². The van der Waals surface area contributed by atoms with Gasteiger partial charge in [-0.15, -0.1) is 0 Å². The predicted octanol–water partition coefficient (Wildman–Crippen LogP) is 5.75. The monoisotopic (exact) mass is 590 g/mol. The summed E-state index contributed by atoms with van der Waals surface area (Å²) in [5.41, 5.74) is 3.33. The molecule has 0 amide bonds. The van der Waals surface area contributed by atoms with Crippen molar-refractivity contribution in [2.45, 2.75) is 72.8 Å². The molecule has 3 aliphatic rings. The fourth-order valence-corrected chi connectivity index (χ4v) is 6.66. The first-order valence-corrected chi connectivity index (χ1v) is 14.8. The Labute approximate surface area is 252 Å². The largest absolute Gasteiger partial charge is 0.548 e. The minimum absolute atomic E-state index is 0.0696. The number of carbonyl (C=O) groups excluding carboxylic acids is 3. The molecule has 2 aliphatic carbocycles. The molecule has 1 heterocycles. The average molecular weight is 591 g/mol. The molecule has 42 heavy (non-hydrogen) atoms. The molecule has 8 heteroatoms. The normalized spacial score (nSPS) is 19.9. The Kier molecular flexibility index (Phi) is 8.01. The van der Waals surface area contributed by atoms with Crippen LogP contribution in [0.5, 0.6) is 11.5 Å². The number of carboxylic acid groups (broad SMARTS) is 1. The lowest BCUT2D eigenvalue weighted by molar-refractivity contribution is -0.305. The summed E-state index contributed by atoms with van der Waals surface area (Å²) in [6, 6.07) is 13.0. The van der Waals surface area contributed by atoms with Crippen molar-refractivity contribution in [1.29, 1.82) is 0 Å². The number of nitrogens with zero attached hydrogens (tertiary/aromatic N) is 1. The van der Waals surface area contributed by atoms with Gasteiger partial charge in [-0.1, -0.05) is 57.5 Å². The molecule has 0 bridgehead atoms. The second kappa shape index (κ2) is 11.3. The highest BCUT2D eigenvalue weighted by atomic mass is 35.5. The van der Waals surface area contributed by atoms with Crippen molar-refractivity contribution < 1.29 is 29.0 Å². The zero-order valence-electron chi connectivity index (χ0n) is 24.8. The number of ketones is 2. The molecule has 0 spiro atoms. The Morgan fingerprint density at radius 2 is 1.45 bits per heavy atom. The second-order valence-electron chi connectivity index (χ2n) is 13.0. The van der Waals surface area contributed by atoms with Gasteiger partial charge < -0.3 is 24.3 Å². The van der Waals surface area contributed by atoms with Crippen LogP contribution in [-0.2, 0) is 21.0 Å². The highest BCUT2D eigenvalue weighted by molar-refractivity contribution is 6.30. The summed E-state index contributed by atoms with van der Waals surface area (Å²) in [5.74, 6) is -0.956. The van der Waals surface area contributed by atoms with Crippen LogP contribution >= 0.6 is 11.6 Å². The number of rotatable bonds is 8. The van der Waals surface area contributed by atoms with Gasteiger partial charge in [-0.25, -0.2) is 0 Å². The fraction of sp³-hybridized carbons (Fsp3) is 0.441. The van der Waals surface area contributed by atoms with Crippen LogP contribution in [0.2, 0.25) is 5.02 Å². The molecule has 2 aromatic carbocycles. The summed E-state index contributed by atoms with van der Waals surface area (Å²) in [6.45, 7) is 10.2. The highest BCUT2D eigenvalue weighted by Gasteiger charge is 2.49. The lowest BCUT2D eigenvalue weighted by atomic mass is 9.63. The number of benzene rings is 2. The molecule has 0 saturated carbocycles. The van der Waals surface area contributed by atoms with Crippen molar-refractivity contribution in [2.75, 3.05) is 13.2 Å². The minimum atomic E-state index is -1.25. The molecule has 0 atom stereocenters. The topological polar surface area (TPSA) is 96.0 Å². The van der Waals surface area contributed by atoms with Gasteiger partial charge in [0.15, 0.2) is 23.1 Å².